The summed E-state index contributed by atoms with van der Waals surface area (Å²) in [6, 6.07) is 15.4. The first-order chi connectivity index (χ1) is 10.8. The van der Waals surface area contributed by atoms with E-state index in [0.717, 1.165) is 23.4 Å². The van der Waals surface area contributed by atoms with E-state index in [1.807, 2.05) is 48.5 Å². The summed E-state index contributed by atoms with van der Waals surface area (Å²) in [5.41, 5.74) is 4.79. The molecule has 0 aliphatic heterocycles. The zero-order valence-corrected chi connectivity index (χ0v) is 13.5. The second-order valence-corrected chi connectivity index (χ2v) is 5.41. The van der Waals surface area contributed by atoms with Gasteiger partial charge in [0, 0.05) is 10.6 Å². The van der Waals surface area contributed by atoms with Gasteiger partial charge in [0.1, 0.15) is 5.75 Å². The predicted molar refractivity (Wildman–Crippen MR) is 94.1 cm³/mol. The highest BCUT2D eigenvalue weighted by Crippen LogP contribution is 2.22. The van der Waals surface area contributed by atoms with Crippen LogP contribution >= 0.6 is 11.6 Å². The van der Waals surface area contributed by atoms with Crippen molar-refractivity contribution in [2.24, 2.45) is 5.10 Å². The molecular weight excluding hydrogens is 296 g/mol. The van der Waals surface area contributed by atoms with Gasteiger partial charge in [-0.25, -0.2) is 0 Å². The highest BCUT2D eigenvalue weighted by atomic mass is 35.5. The number of nitrogens with zero attached hydrogens (tertiary/aromatic N) is 1. The Balaban J connectivity index is 2.00. The van der Waals surface area contributed by atoms with Crippen LogP contribution in [0.2, 0.25) is 5.02 Å². The monoisotopic (exact) mass is 316 g/mol. The molecule has 0 fully saturated rings. The van der Waals surface area contributed by atoms with Crippen molar-refractivity contribution in [3.63, 3.8) is 0 Å². The lowest BCUT2D eigenvalue weighted by molar-refractivity contribution is 0.306. The standard InChI is InChI=1S/C18H21ClN2O/c1-2-3-7-12-22-18-11-10-16(19)13-15(18)14-20-21-17-8-5-4-6-9-17/h4-6,8-11,13-14,21H,2-3,7,12H2,1H3. The van der Waals surface area contributed by atoms with E-state index in [9.17, 15) is 0 Å². The van der Waals surface area contributed by atoms with Crippen molar-refractivity contribution in [3.05, 3.63) is 59.1 Å². The van der Waals surface area contributed by atoms with Crippen LogP contribution in [-0.2, 0) is 0 Å². The fourth-order valence-electron chi connectivity index (χ4n) is 1.97. The van der Waals surface area contributed by atoms with Crippen LogP contribution in [-0.4, -0.2) is 12.8 Å². The number of para-hydroxylation sites is 1. The van der Waals surface area contributed by atoms with Crippen molar-refractivity contribution in [3.8, 4) is 5.75 Å². The lowest BCUT2D eigenvalue weighted by atomic mass is 10.2. The van der Waals surface area contributed by atoms with Gasteiger partial charge < -0.3 is 4.74 Å². The number of rotatable bonds is 8. The van der Waals surface area contributed by atoms with Gasteiger partial charge in [-0.1, -0.05) is 49.6 Å². The van der Waals surface area contributed by atoms with E-state index in [2.05, 4.69) is 17.5 Å². The third-order valence-corrected chi connectivity index (χ3v) is 3.38. The van der Waals surface area contributed by atoms with E-state index in [0.29, 0.717) is 11.6 Å². The van der Waals surface area contributed by atoms with Gasteiger partial charge in [0.05, 0.1) is 18.5 Å². The van der Waals surface area contributed by atoms with Crippen LogP contribution in [0.5, 0.6) is 5.75 Å². The molecule has 0 heterocycles. The van der Waals surface area contributed by atoms with Gasteiger partial charge in [-0.3, -0.25) is 5.43 Å². The fourth-order valence-corrected chi connectivity index (χ4v) is 2.16. The van der Waals surface area contributed by atoms with Crippen LogP contribution < -0.4 is 10.2 Å². The number of unbranched alkanes of at least 4 members (excludes halogenated alkanes) is 2. The normalized spacial score (nSPS) is 10.8. The van der Waals surface area contributed by atoms with Crippen LogP contribution in [0, 0.1) is 0 Å². The zero-order valence-electron chi connectivity index (χ0n) is 12.8. The van der Waals surface area contributed by atoms with Crippen LogP contribution in [0.3, 0.4) is 0 Å². The number of hydrogen-bond acceptors (Lipinski definition) is 3. The molecule has 0 aromatic heterocycles. The van der Waals surface area contributed by atoms with Crippen molar-refractivity contribution >= 4 is 23.5 Å². The topological polar surface area (TPSA) is 33.6 Å². The molecule has 0 atom stereocenters. The molecule has 3 nitrogen and oxygen atoms in total. The predicted octanol–water partition coefficient (Wildman–Crippen LogP) is 5.36. The van der Waals surface area contributed by atoms with Gasteiger partial charge >= 0.3 is 0 Å². The minimum absolute atomic E-state index is 0.669. The van der Waals surface area contributed by atoms with E-state index in [4.69, 9.17) is 16.3 Å². The second kappa shape index (κ2) is 9.11. The molecule has 0 aliphatic carbocycles. The third kappa shape index (κ3) is 5.41. The largest absolute Gasteiger partial charge is 0.493 e. The lowest BCUT2D eigenvalue weighted by Gasteiger charge is -2.09. The van der Waals surface area contributed by atoms with Crippen molar-refractivity contribution in [2.75, 3.05) is 12.0 Å². The number of hydrazone groups is 1. The summed E-state index contributed by atoms with van der Waals surface area (Å²) in [7, 11) is 0. The van der Waals surface area contributed by atoms with E-state index >= 15 is 0 Å². The summed E-state index contributed by atoms with van der Waals surface area (Å²) in [6.45, 7) is 2.89. The molecule has 0 spiro atoms. The Morgan fingerprint density at radius 1 is 1.14 bits per heavy atom. The van der Waals surface area contributed by atoms with Crippen molar-refractivity contribution in [1.29, 1.82) is 0 Å². The average molecular weight is 317 g/mol. The lowest BCUT2D eigenvalue weighted by Crippen LogP contribution is -2.00. The van der Waals surface area contributed by atoms with E-state index < -0.39 is 0 Å². The quantitative estimate of drug-likeness (QED) is 0.404. The molecule has 0 bridgehead atoms. The first-order valence-electron chi connectivity index (χ1n) is 7.56. The molecule has 0 amide bonds. The smallest absolute Gasteiger partial charge is 0.128 e. The number of hydrogen-bond donors (Lipinski definition) is 1. The van der Waals surface area contributed by atoms with Gasteiger partial charge in [-0.2, -0.15) is 5.10 Å². The summed E-state index contributed by atoms with van der Waals surface area (Å²) >= 11 is 6.06. The van der Waals surface area contributed by atoms with E-state index in [-0.39, 0.29) is 0 Å². The van der Waals surface area contributed by atoms with Gasteiger partial charge in [0.15, 0.2) is 0 Å². The molecule has 0 aliphatic rings. The van der Waals surface area contributed by atoms with Gasteiger partial charge in [0.25, 0.3) is 0 Å². The maximum absolute atomic E-state index is 6.06. The Hall–Kier alpha value is -2.00. The molecule has 2 rings (SSSR count). The molecule has 4 heteroatoms. The van der Waals surface area contributed by atoms with Gasteiger partial charge in [0.2, 0.25) is 0 Å². The first-order valence-corrected chi connectivity index (χ1v) is 7.94. The molecule has 2 aromatic rings. The molecule has 1 N–H and O–H groups in total. The minimum Gasteiger partial charge on any atom is -0.493 e. The number of halogens is 1. The molecule has 0 saturated carbocycles. The third-order valence-electron chi connectivity index (χ3n) is 3.15. The number of ether oxygens (including phenoxy) is 1. The number of nitrogens with one attached hydrogen (secondary N) is 1. The summed E-state index contributed by atoms with van der Waals surface area (Å²) < 4.78 is 5.82. The van der Waals surface area contributed by atoms with Crippen LogP contribution in [0.1, 0.15) is 31.7 Å². The molecular formula is C18H21ClN2O. The van der Waals surface area contributed by atoms with E-state index in [1.54, 1.807) is 6.21 Å². The van der Waals surface area contributed by atoms with Crippen LogP contribution in [0.15, 0.2) is 53.6 Å². The summed E-state index contributed by atoms with van der Waals surface area (Å²) in [6.07, 6.45) is 5.14. The minimum atomic E-state index is 0.669. The Labute approximate surface area is 137 Å². The van der Waals surface area contributed by atoms with Gasteiger partial charge in [-0.05, 0) is 36.8 Å². The maximum Gasteiger partial charge on any atom is 0.128 e. The Kier molecular flexibility index (Phi) is 6.78. The Bertz CT molecular complexity index is 599. The van der Waals surface area contributed by atoms with Crippen molar-refractivity contribution < 1.29 is 4.74 Å². The molecule has 116 valence electrons. The second-order valence-electron chi connectivity index (χ2n) is 4.97. The van der Waals surface area contributed by atoms with Crippen LogP contribution in [0.25, 0.3) is 0 Å². The number of benzene rings is 2. The van der Waals surface area contributed by atoms with Crippen molar-refractivity contribution in [1.82, 2.24) is 0 Å². The van der Waals surface area contributed by atoms with Crippen LogP contribution in [0.4, 0.5) is 5.69 Å². The molecule has 2 aromatic carbocycles. The average Bonchev–Trinajstić information content (AvgIpc) is 2.54. The SMILES string of the molecule is CCCCCOc1ccc(Cl)cc1C=NNc1ccccc1. The van der Waals surface area contributed by atoms with Crippen molar-refractivity contribution in [2.45, 2.75) is 26.2 Å². The Morgan fingerprint density at radius 2 is 1.95 bits per heavy atom. The zero-order chi connectivity index (χ0) is 15.6. The van der Waals surface area contributed by atoms with E-state index in [1.165, 1.54) is 12.8 Å². The maximum atomic E-state index is 6.06. The first kappa shape index (κ1) is 16.4. The fraction of sp³-hybridized carbons (Fsp3) is 0.278. The number of anilines is 1. The highest BCUT2D eigenvalue weighted by Gasteiger charge is 2.03. The molecule has 22 heavy (non-hydrogen) atoms. The Morgan fingerprint density at radius 3 is 2.73 bits per heavy atom. The molecule has 0 saturated heterocycles. The highest BCUT2D eigenvalue weighted by molar-refractivity contribution is 6.30. The summed E-state index contributed by atoms with van der Waals surface area (Å²) in [5, 5.41) is 4.91. The summed E-state index contributed by atoms with van der Waals surface area (Å²) in [5.74, 6) is 0.805. The summed E-state index contributed by atoms with van der Waals surface area (Å²) in [4.78, 5) is 0. The van der Waals surface area contributed by atoms with Gasteiger partial charge in [-0.15, -0.1) is 0 Å². The molecule has 0 radical (unpaired) electrons. The molecule has 0 unspecified atom stereocenters.